The van der Waals surface area contributed by atoms with Crippen molar-refractivity contribution in [1.82, 2.24) is 9.78 Å². The second-order valence-electron chi connectivity index (χ2n) is 6.05. The highest BCUT2D eigenvalue weighted by Gasteiger charge is 2.27. The Hall–Kier alpha value is -2.96. The van der Waals surface area contributed by atoms with Gasteiger partial charge in [0.15, 0.2) is 0 Å². The normalized spacial score (nSPS) is 14.6. The summed E-state index contributed by atoms with van der Waals surface area (Å²) in [6, 6.07) is 8.77. The average molecular weight is 341 g/mol. The zero-order valence-electron chi connectivity index (χ0n) is 14.1. The van der Waals surface area contributed by atoms with E-state index in [9.17, 15) is 14.4 Å². The van der Waals surface area contributed by atoms with Crippen LogP contribution in [0.3, 0.4) is 0 Å². The van der Waals surface area contributed by atoms with E-state index in [1.54, 1.807) is 37.3 Å². The van der Waals surface area contributed by atoms with Gasteiger partial charge in [0.05, 0.1) is 18.4 Å². The second kappa shape index (κ2) is 6.88. The molecular weight excluding hydrogens is 322 g/mol. The van der Waals surface area contributed by atoms with Gasteiger partial charge in [-0.1, -0.05) is 0 Å². The number of benzene rings is 1. The van der Waals surface area contributed by atoms with Crippen molar-refractivity contribution in [3.8, 4) is 0 Å². The summed E-state index contributed by atoms with van der Waals surface area (Å²) in [6.07, 6.45) is 2.14. The van der Waals surface area contributed by atoms with Crippen LogP contribution in [0.15, 0.2) is 41.2 Å². The number of esters is 1. The molecule has 0 saturated heterocycles. The summed E-state index contributed by atoms with van der Waals surface area (Å²) in [5, 5.41) is 7.05. The van der Waals surface area contributed by atoms with Crippen LogP contribution in [-0.4, -0.2) is 28.8 Å². The second-order valence-corrected chi connectivity index (χ2v) is 6.05. The number of anilines is 1. The van der Waals surface area contributed by atoms with Gasteiger partial charge in [-0.3, -0.25) is 9.59 Å². The number of carbonyl (C=O) groups excluding carboxylic acids is 2. The molecule has 25 heavy (non-hydrogen) atoms. The third kappa shape index (κ3) is 3.76. The van der Waals surface area contributed by atoms with Gasteiger partial charge in [0.25, 0.3) is 5.56 Å². The molecule has 0 spiro atoms. The number of carbonyl (C=O) groups is 2. The average Bonchev–Trinajstić information content (AvgIpc) is 3.46. The van der Waals surface area contributed by atoms with Crippen molar-refractivity contribution in [3.05, 3.63) is 58.0 Å². The van der Waals surface area contributed by atoms with E-state index < -0.39 is 12.0 Å². The van der Waals surface area contributed by atoms with Crippen LogP contribution in [0.2, 0.25) is 0 Å². The Labute approximate surface area is 144 Å². The summed E-state index contributed by atoms with van der Waals surface area (Å²) in [4.78, 5) is 35.9. The number of ether oxygens (including phenoxy) is 1. The molecule has 0 aliphatic heterocycles. The fraction of sp³-hybridized carbons (Fsp3) is 0.333. The van der Waals surface area contributed by atoms with E-state index in [0.29, 0.717) is 17.2 Å². The molecule has 1 unspecified atom stereocenters. The lowest BCUT2D eigenvalue weighted by atomic mass is 10.2. The van der Waals surface area contributed by atoms with E-state index in [2.05, 4.69) is 15.2 Å². The van der Waals surface area contributed by atoms with Gasteiger partial charge in [0, 0.05) is 17.7 Å². The topological polar surface area (TPSA) is 90.3 Å². The van der Waals surface area contributed by atoms with E-state index in [-0.39, 0.29) is 11.5 Å². The van der Waals surface area contributed by atoms with Gasteiger partial charge in [-0.2, -0.15) is 5.10 Å². The monoisotopic (exact) mass is 341 g/mol. The molecule has 1 saturated carbocycles. The fourth-order valence-corrected chi connectivity index (χ4v) is 2.48. The molecule has 1 aliphatic carbocycles. The van der Waals surface area contributed by atoms with E-state index in [1.165, 1.54) is 17.9 Å². The minimum Gasteiger partial charge on any atom is -0.465 e. The Morgan fingerprint density at radius 3 is 2.48 bits per heavy atom. The van der Waals surface area contributed by atoms with Crippen molar-refractivity contribution < 1.29 is 14.3 Å². The first-order valence-electron chi connectivity index (χ1n) is 8.08. The van der Waals surface area contributed by atoms with Crippen molar-refractivity contribution in [1.29, 1.82) is 0 Å². The molecule has 1 aliphatic rings. The van der Waals surface area contributed by atoms with Crippen LogP contribution in [0.5, 0.6) is 0 Å². The van der Waals surface area contributed by atoms with Gasteiger partial charge >= 0.3 is 5.97 Å². The van der Waals surface area contributed by atoms with Crippen LogP contribution in [-0.2, 0) is 9.53 Å². The van der Waals surface area contributed by atoms with Crippen LogP contribution in [0.4, 0.5) is 5.69 Å². The van der Waals surface area contributed by atoms with Crippen molar-refractivity contribution in [2.24, 2.45) is 0 Å². The summed E-state index contributed by atoms with van der Waals surface area (Å²) < 4.78 is 5.84. The number of nitrogens with one attached hydrogen (secondary N) is 1. The van der Waals surface area contributed by atoms with Crippen molar-refractivity contribution in [2.45, 2.75) is 31.7 Å². The minimum atomic E-state index is -0.744. The Kier molecular flexibility index (Phi) is 4.65. The molecule has 1 N–H and O–H groups in total. The van der Waals surface area contributed by atoms with Crippen molar-refractivity contribution >= 4 is 17.6 Å². The predicted octanol–water partition coefficient (Wildman–Crippen LogP) is 2.11. The first-order chi connectivity index (χ1) is 12.0. The molecule has 1 heterocycles. The number of hydrogen-bond acceptors (Lipinski definition) is 5. The predicted molar refractivity (Wildman–Crippen MR) is 91.6 cm³/mol. The van der Waals surface area contributed by atoms with E-state index in [1.807, 2.05) is 0 Å². The summed E-state index contributed by atoms with van der Waals surface area (Å²) in [7, 11) is 1.31. The van der Waals surface area contributed by atoms with Gasteiger partial charge < -0.3 is 10.1 Å². The van der Waals surface area contributed by atoms with Crippen molar-refractivity contribution in [3.63, 3.8) is 0 Å². The molecule has 0 radical (unpaired) electrons. The Balaban J connectivity index is 1.73. The molecule has 7 nitrogen and oxygen atoms in total. The minimum absolute atomic E-state index is 0.312. The standard InChI is InChI=1S/C18H19N3O4/c1-11(21-16(22)10-9-15(20-21)12-3-4-12)17(23)19-14-7-5-13(6-8-14)18(24)25-2/h5-12H,3-4H2,1-2H3,(H,19,23). The lowest BCUT2D eigenvalue weighted by molar-refractivity contribution is -0.119. The Bertz CT molecular complexity index is 853. The lowest BCUT2D eigenvalue weighted by Crippen LogP contribution is -2.33. The van der Waals surface area contributed by atoms with Crippen LogP contribution in [0.25, 0.3) is 0 Å². The highest BCUT2D eigenvalue weighted by Crippen LogP contribution is 2.38. The molecule has 1 fully saturated rings. The zero-order chi connectivity index (χ0) is 18.0. The molecule has 0 bridgehead atoms. The van der Waals surface area contributed by atoms with Crippen LogP contribution in [0.1, 0.15) is 47.8 Å². The highest BCUT2D eigenvalue weighted by atomic mass is 16.5. The van der Waals surface area contributed by atoms with E-state index in [0.717, 1.165) is 18.5 Å². The maximum absolute atomic E-state index is 12.4. The quantitative estimate of drug-likeness (QED) is 0.841. The third-order valence-electron chi connectivity index (χ3n) is 4.16. The molecule has 2 aromatic rings. The summed E-state index contributed by atoms with van der Waals surface area (Å²) in [5.74, 6) is -0.403. The maximum Gasteiger partial charge on any atom is 0.337 e. The molecular formula is C18H19N3O4. The first-order valence-corrected chi connectivity index (χ1v) is 8.08. The number of methoxy groups -OCH3 is 1. The SMILES string of the molecule is COC(=O)c1ccc(NC(=O)C(C)n2nc(C3CC3)ccc2=O)cc1. The molecule has 1 aromatic heterocycles. The molecule has 1 amide bonds. The Morgan fingerprint density at radius 2 is 1.88 bits per heavy atom. The third-order valence-corrected chi connectivity index (χ3v) is 4.16. The van der Waals surface area contributed by atoms with Gasteiger partial charge in [0.1, 0.15) is 6.04 Å². The molecule has 7 heteroatoms. The largest absolute Gasteiger partial charge is 0.465 e. The van der Waals surface area contributed by atoms with Gasteiger partial charge in [0.2, 0.25) is 5.91 Å². The maximum atomic E-state index is 12.4. The van der Waals surface area contributed by atoms with Crippen LogP contribution >= 0.6 is 0 Å². The fourth-order valence-electron chi connectivity index (χ4n) is 2.48. The van der Waals surface area contributed by atoms with Crippen LogP contribution in [0, 0.1) is 0 Å². The van der Waals surface area contributed by atoms with Crippen molar-refractivity contribution in [2.75, 3.05) is 12.4 Å². The number of rotatable bonds is 5. The number of hydrogen-bond donors (Lipinski definition) is 1. The number of amides is 1. The molecule has 1 aromatic carbocycles. The van der Waals surface area contributed by atoms with E-state index >= 15 is 0 Å². The number of nitrogens with zero attached hydrogens (tertiary/aromatic N) is 2. The molecule has 130 valence electrons. The summed E-state index contributed by atoms with van der Waals surface area (Å²) >= 11 is 0. The smallest absolute Gasteiger partial charge is 0.337 e. The molecule has 3 rings (SSSR count). The molecule has 1 atom stereocenters. The summed E-state index contributed by atoms with van der Waals surface area (Å²) in [6.45, 7) is 1.63. The summed E-state index contributed by atoms with van der Waals surface area (Å²) in [5.41, 5.74) is 1.45. The lowest BCUT2D eigenvalue weighted by Gasteiger charge is -2.15. The van der Waals surface area contributed by atoms with Gasteiger partial charge in [-0.05, 0) is 50.1 Å². The van der Waals surface area contributed by atoms with Crippen LogP contribution < -0.4 is 10.9 Å². The van der Waals surface area contributed by atoms with Gasteiger partial charge in [-0.25, -0.2) is 9.48 Å². The number of aromatic nitrogens is 2. The zero-order valence-corrected chi connectivity index (χ0v) is 14.1. The Morgan fingerprint density at radius 1 is 1.20 bits per heavy atom. The first kappa shape index (κ1) is 16.9. The van der Waals surface area contributed by atoms with Gasteiger partial charge in [-0.15, -0.1) is 0 Å². The van der Waals surface area contributed by atoms with E-state index in [4.69, 9.17) is 0 Å². The highest BCUT2D eigenvalue weighted by molar-refractivity contribution is 5.94.